The van der Waals surface area contributed by atoms with Gasteiger partial charge in [-0.05, 0) is 97.2 Å². The number of fused-ring (bicyclic) bond motifs is 4. The van der Waals surface area contributed by atoms with E-state index in [4.69, 9.17) is 53.0 Å². The van der Waals surface area contributed by atoms with Crippen molar-refractivity contribution in [3.05, 3.63) is 160 Å². The van der Waals surface area contributed by atoms with Crippen molar-refractivity contribution in [2.45, 2.75) is 75.4 Å². The Labute approximate surface area is 464 Å². The number of nitrogens with two attached hydrogens (primary N) is 2. The third kappa shape index (κ3) is 10.7. The highest BCUT2D eigenvalue weighted by molar-refractivity contribution is 8.54. The number of esters is 2. The Morgan fingerprint density at radius 1 is 0.802 bits per heavy atom. The molecule has 2 saturated heterocycles. The predicted octanol–water partition coefficient (Wildman–Crippen LogP) is 7.20. The zero-order chi connectivity index (χ0) is 56.4. The number of aliphatic hydroxyl groups excluding tert-OH is 1. The molecule has 1 spiro atoms. The topological polar surface area (TPSA) is 331 Å². The van der Waals surface area contributed by atoms with E-state index in [1.807, 2.05) is 26.0 Å². The largest absolute Gasteiger partial charge is 0.475 e. The first-order valence-electron chi connectivity index (χ1n) is 25.4. The van der Waals surface area contributed by atoms with Gasteiger partial charge < -0.3 is 40.1 Å². The molecule has 2 aliphatic carbocycles. The van der Waals surface area contributed by atoms with E-state index in [0.29, 0.717) is 27.9 Å². The number of aliphatic hydroxyl groups is 1. The van der Waals surface area contributed by atoms with Gasteiger partial charge in [-0.1, -0.05) is 59.7 Å². The number of H-pyrrole nitrogens is 1. The molecule has 11 atom stereocenters. The molecule has 2 aliphatic heterocycles. The number of benzene rings is 4. The molecule has 4 aromatic heterocycles. The second kappa shape index (κ2) is 21.6. The summed E-state index contributed by atoms with van der Waals surface area (Å²) in [6, 6.07) is 26.0. The van der Waals surface area contributed by atoms with Crippen molar-refractivity contribution in [2.75, 3.05) is 31.8 Å². The third-order valence-electron chi connectivity index (χ3n) is 14.8. The number of carbonyl (C=O) groups excluding carboxylic acids is 2. The minimum absolute atomic E-state index is 0.0275. The Hall–Kier alpha value is -7.19. The number of ether oxygens (including phenoxy) is 4. The first kappa shape index (κ1) is 54.4. The molecule has 0 amide bonds. The van der Waals surface area contributed by atoms with Crippen LogP contribution < -0.4 is 26.5 Å². The standard InChI is InChI=1S/C53H52N10O15P2S/c1-28-4-12-32(13-5-28)50(66)74-34-16-8-30(9-17-34)21-71-79(68)73-24-53-20-36(53)40(62-26-58-38-45(54)56-25-57-46(38)62)41(64)44(53)78-80(69,81-23-31-10-18-35(19-11-31)75-51(67)33-14-6-29(2)7-15-33)72-22-37-42(70-3)43(77-79)49(76-37)63-27-59-39-47(63)60-52(55)61-48(39)65/h4-19,25-27,36-37,40-44,49,64H,20-24H2,1-3H3,(H2,54,56,57)(H3,55,60,61,65)/t36-,37-,40-,41+,42-,43-,44+,49-,53?,79?,80-/m1/s1. The smallest absolute Gasteiger partial charge is 0.423 e. The number of nitrogens with zero attached hydrogens (tertiary/aromatic N) is 7. The normalized spacial score (nSPS) is 28.1. The molecule has 2 saturated carbocycles. The van der Waals surface area contributed by atoms with Crippen LogP contribution in [0.15, 0.2) is 121 Å². The Bertz CT molecular complexity index is 3850. The van der Waals surface area contributed by atoms with Gasteiger partial charge in [0.25, 0.3) is 5.56 Å². The third-order valence-corrected chi connectivity index (χ3v) is 19.8. The molecule has 2 bridgehead atoms. The van der Waals surface area contributed by atoms with Crippen LogP contribution in [-0.2, 0) is 53.6 Å². The molecule has 8 aromatic rings. The SMILES string of the molecule is CO[C@H]1[C@H]2OP(=O)(OCc3ccc(OC(=O)c4ccc(C)cc4)cc3)OCC34C[C@@H]3[C@@H](n3cnc5c(N)ncnc53)[C@H](O)[C@@H]4O[P@](=O)(SCc3ccc(OC(=O)c4ccc(C)cc4)cc3)OC[C@H]1O[C@H]2n1cnc2c(=O)[nH]c(N)nc21. The molecule has 12 rings (SSSR count). The minimum Gasteiger partial charge on any atom is -0.423 e. The molecular weight excluding hydrogens is 1110 g/mol. The van der Waals surface area contributed by atoms with E-state index in [2.05, 4.69) is 29.9 Å². The summed E-state index contributed by atoms with van der Waals surface area (Å²) in [4.78, 5) is 62.9. The Kier molecular flexibility index (Phi) is 14.5. The number of methoxy groups -OCH3 is 1. The van der Waals surface area contributed by atoms with Crippen LogP contribution >= 0.6 is 26.0 Å². The number of phosphoric acid groups is 1. The van der Waals surface area contributed by atoms with Gasteiger partial charge in [-0.3, -0.25) is 37.0 Å². The van der Waals surface area contributed by atoms with Crippen LogP contribution in [0.2, 0.25) is 0 Å². The Morgan fingerprint density at radius 2 is 1.43 bits per heavy atom. The Morgan fingerprint density at radius 3 is 2.09 bits per heavy atom. The quantitative estimate of drug-likeness (QED) is 0.0503. The number of aryl methyl sites for hydroxylation is 2. The van der Waals surface area contributed by atoms with Gasteiger partial charge in [0.05, 0.1) is 49.6 Å². The van der Waals surface area contributed by atoms with Crippen molar-refractivity contribution in [3.8, 4) is 11.5 Å². The lowest BCUT2D eigenvalue weighted by Crippen LogP contribution is -2.38. The summed E-state index contributed by atoms with van der Waals surface area (Å²) in [7, 11) is -3.55. The first-order valence-corrected chi connectivity index (χ1v) is 30.0. The van der Waals surface area contributed by atoms with Crippen molar-refractivity contribution in [1.29, 1.82) is 0 Å². The zero-order valence-electron chi connectivity index (χ0n) is 43.4. The molecular formula is C53H52N10O15P2S. The van der Waals surface area contributed by atoms with Crippen LogP contribution in [0.25, 0.3) is 22.3 Å². The monoisotopic (exact) mass is 1160 g/mol. The van der Waals surface area contributed by atoms with Gasteiger partial charge in [0, 0.05) is 18.3 Å². The molecule has 4 aliphatic rings. The molecule has 6 heterocycles. The van der Waals surface area contributed by atoms with Gasteiger partial charge in [-0.2, -0.15) is 4.98 Å². The summed E-state index contributed by atoms with van der Waals surface area (Å²) < 4.78 is 90.7. The van der Waals surface area contributed by atoms with Crippen LogP contribution in [-0.4, -0.2) is 107 Å². The number of nitrogen functional groups attached to an aromatic ring is 2. The summed E-state index contributed by atoms with van der Waals surface area (Å²) in [5, 5.41) is 12.6. The summed E-state index contributed by atoms with van der Waals surface area (Å²) >= 11 is 0.829. The second-order valence-corrected chi connectivity index (χ2v) is 25.7. The summed E-state index contributed by atoms with van der Waals surface area (Å²) in [5.74, 6) is -1.21. The van der Waals surface area contributed by atoms with Crippen molar-refractivity contribution >= 4 is 72.0 Å². The van der Waals surface area contributed by atoms with E-state index in [0.717, 1.165) is 22.5 Å². The van der Waals surface area contributed by atoms with Crippen molar-refractivity contribution in [1.82, 2.24) is 39.0 Å². The fraction of sp³-hybridized carbons (Fsp3) is 0.321. The molecule has 81 heavy (non-hydrogen) atoms. The second-order valence-electron chi connectivity index (χ2n) is 20.1. The van der Waals surface area contributed by atoms with Crippen LogP contribution in [0.1, 0.15) is 61.7 Å². The number of hydrogen-bond acceptors (Lipinski definition) is 23. The predicted molar refractivity (Wildman–Crippen MR) is 291 cm³/mol. The van der Waals surface area contributed by atoms with E-state index in [-0.39, 0.29) is 58.7 Å². The highest BCUT2D eigenvalue weighted by atomic mass is 32.7. The lowest BCUT2D eigenvalue weighted by Gasteiger charge is -2.32. The maximum absolute atomic E-state index is 15.7. The summed E-state index contributed by atoms with van der Waals surface area (Å²) in [6.45, 7) is -2.00. The molecule has 25 nitrogen and oxygen atoms in total. The lowest BCUT2D eigenvalue weighted by atomic mass is 10.0. The number of imidazole rings is 2. The van der Waals surface area contributed by atoms with E-state index < -0.39 is 99.5 Å². The van der Waals surface area contributed by atoms with Crippen molar-refractivity contribution < 1.29 is 65.4 Å². The zero-order valence-corrected chi connectivity index (χ0v) is 46.0. The number of carbonyl (C=O) groups is 2. The number of aromatic amines is 1. The maximum atomic E-state index is 15.7. The highest BCUT2D eigenvalue weighted by Crippen LogP contribution is 2.75. The fourth-order valence-electron chi connectivity index (χ4n) is 10.5. The molecule has 4 fully saturated rings. The van der Waals surface area contributed by atoms with Crippen molar-refractivity contribution in [3.63, 3.8) is 0 Å². The molecule has 28 heteroatoms. The number of anilines is 2. The number of hydrogen-bond donors (Lipinski definition) is 4. The van der Waals surface area contributed by atoms with Gasteiger partial charge in [0.1, 0.15) is 53.9 Å². The molecule has 2 unspecified atom stereocenters. The average molecular weight is 1160 g/mol. The van der Waals surface area contributed by atoms with E-state index in [1.165, 1.54) is 30.7 Å². The minimum atomic E-state index is -4.90. The lowest BCUT2D eigenvalue weighted by molar-refractivity contribution is -0.0617. The first-order chi connectivity index (χ1) is 39.0. The van der Waals surface area contributed by atoms with E-state index in [1.54, 1.807) is 89.5 Å². The van der Waals surface area contributed by atoms with Gasteiger partial charge in [0.15, 0.2) is 28.9 Å². The molecule has 420 valence electrons. The number of phosphoric ester groups is 1. The van der Waals surface area contributed by atoms with E-state index >= 15 is 9.13 Å². The van der Waals surface area contributed by atoms with Crippen LogP contribution in [0.3, 0.4) is 0 Å². The van der Waals surface area contributed by atoms with Crippen LogP contribution in [0.5, 0.6) is 11.5 Å². The van der Waals surface area contributed by atoms with Gasteiger partial charge in [-0.15, -0.1) is 0 Å². The number of nitrogens with one attached hydrogen (secondary N) is 1. The highest BCUT2D eigenvalue weighted by Gasteiger charge is 2.74. The van der Waals surface area contributed by atoms with Crippen molar-refractivity contribution in [2.24, 2.45) is 11.3 Å². The van der Waals surface area contributed by atoms with Crippen LogP contribution in [0, 0.1) is 25.2 Å². The van der Waals surface area contributed by atoms with E-state index in [9.17, 15) is 19.5 Å². The Balaban J connectivity index is 0.883. The number of rotatable bonds is 13. The summed E-state index contributed by atoms with van der Waals surface area (Å²) in [6.07, 6.45) is -3.67. The van der Waals surface area contributed by atoms with Gasteiger partial charge in [-0.25, -0.2) is 38.7 Å². The molecule has 4 aromatic carbocycles. The van der Waals surface area contributed by atoms with Crippen LogP contribution in [0.4, 0.5) is 11.8 Å². The van der Waals surface area contributed by atoms with Gasteiger partial charge >= 0.3 is 26.6 Å². The summed E-state index contributed by atoms with van der Waals surface area (Å²) in [5.41, 5.74) is 14.6. The molecule has 0 radical (unpaired) electrons. The number of aromatic nitrogens is 8. The average Bonchev–Trinajstić information content (AvgIpc) is 2.03. The fourth-order valence-corrected chi connectivity index (χ4v) is 15.4. The van der Waals surface area contributed by atoms with Gasteiger partial charge in [0.2, 0.25) is 5.95 Å². The maximum Gasteiger partial charge on any atom is 0.475 e. The molecule has 6 N–H and O–H groups in total.